The van der Waals surface area contributed by atoms with Crippen molar-refractivity contribution < 1.29 is 29.2 Å². The van der Waals surface area contributed by atoms with Gasteiger partial charge in [-0.25, -0.2) is 10.2 Å². The Morgan fingerprint density at radius 3 is 2.66 bits per heavy atom. The summed E-state index contributed by atoms with van der Waals surface area (Å²) in [6.45, 7) is 5.03. The average molecular weight is 483 g/mol. The number of ether oxygens (including phenoxy) is 3. The number of phenols is 1. The Hall–Kier alpha value is -3.39. The smallest absolute Gasteiger partial charge is 0.344 e. The van der Waals surface area contributed by atoms with Crippen molar-refractivity contribution in [3.05, 3.63) is 58.8 Å². The lowest BCUT2D eigenvalue weighted by Gasteiger charge is -2.26. The molecule has 8 heteroatoms. The van der Waals surface area contributed by atoms with E-state index in [9.17, 15) is 15.0 Å². The molecule has 2 atom stereocenters. The van der Waals surface area contributed by atoms with Crippen molar-refractivity contribution in [2.45, 2.75) is 64.5 Å². The molecule has 2 heterocycles. The molecule has 0 radical (unpaired) electrons. The Bertz CT molecular complexity index is 1080. The van der Waals surface area contributed by atoms with Crippen molar-refractivity contribution in [2.75, 3.05) is 13.2 Å². The molecule has 2 aliphatic heterocycles. The van der Waals surface area contributed by atoms with E-state index in [1.54, 1.807) is 6.07 Å². The third-order valence-corrected chi connectivity index (χ3v) is 6.35. The number of fused-ring (bicyclic) bond motifs is 1. The molecule has 4 N–H and O–H groups in total. The van der Waals surface area contributed by atoms with Gasteiger partial charge in [-0.05, 0) is 55.0 Å². The molecule has 0 saturated carbocycles. The molecule has 0 fully saturated rings. The minimum Gasteiger partial charge on any atom is -0.507 e. The van der Waals surface area contributed by atoms with Gasteiger partial charge in [-0.1, -0.05) is 26.3 Å². The lowest BCUT2D eigenvalue weighted by Crippen LogP contribution is -2.31. The van der Waals surface area contributed by atoms with Gasteiger partial charge < -0.3 is 29.8 Å². The molecule has 2 aliphatic rings. The highest BCUT2D eigenvalue weighted by atomic mass is 16.5. The lowest BCUT2D eigenvalue weighted by molar-refractivity contribution is -0.145. The van der Waals surface area contributed by atoms with Gasteiger partial charge in [-0.3, -0.25) is 0 Å². The largest absolute Gasteiger partial charge is 0.507 e. The summed E-state index contributed by atoms with van der Waals surface area (Å²) in [5.41, 5.74) is 9.83. The standard InChI is InChI=1S/C27H34N2O6/c1-3-6-19-23(9-7-18-8-10-24(27(31)32)35-26(18)19)33-13-5-14-34-25-16-22(30)20(15-17(25)4-2)21-11-12-28-29-21/h7,9,11-12,15-16,21,24,28-30H,3-6,8,10,13-14H2,1-2H3,(H,31,32). The second-order valence-corrected chi connectivity index (χ2v) is 8.81. The van der Waals surface area contributed by atoms with Gasteiger partial charge >= 0.3 is 5.97 Å². The molecular weight excluding hydrogens is 448 g/mol. The SMILES string of the molecule is CCCc1c(OCCCOc2cc(O)c(C3C=CNN3)cc2CC)ccc2c1OC(C(=O)O)CC2. The molecule has 4 rings (SSSR count). The zero-order valence-corrected chi connectivity index (χ0v) is 20.3. The molecule has 35 heavy (non-hydrogen) atoms. The van der Waals surface area contributed by atoms with Gasteiger partial charge in [0, 0.05) is 29.8 Å². The summed E-state index contributed by atoms with van der Waals surface area (Å²) < 4.78 is 17.9. The van der Waals surface area contributed by atoms with Gasteiger partial charge in [0.2, 0.25) is 0 Å². The maximum Gasteiger partial charge on any atom is 0.344 e. The summed E-state index contributed by atoms with van der Waals surface area (Å²) in [5.74, 6) is 1.34. The van der Waals surface area contributed by atoms with Crippen LogP contribution in [0.5, 0.6) is 23.0 Å². The highest BCUT2D eigenvalue weighted by molar-refractivity contribution is 5.73. The number of hydrogen-bond donors (Lipinski definition) is 4. The van der Waals surface area contributed by atoms with Crippen LogP contribution in [-0.2, 0) is 24.1 Å². The van der Waals surface area contributed by atoms with Gasteiger partial charge in [-0.2, -0.15) is 0 Å². The minimum absolute atomic E-state index is 0.0774. The molecule has 2 unspecified atom stereocenters. The maximum atomic E-state index is 11.4. The van der Waals surface area contributed by atoms with Crippen molar-refractivity contribution in [1.29, 1.82) is 0 Å². The molecule has 0 aromatic heterocycles. The quantitative estimate of drug-likeness (QED) is 0.353. The second-order valence-electron chi connectivity index (χ2n) is 8.81. The number of phenolic OH excluding ortho intramolecular Hbond substituents is 1. The number of hydrogen-bond acceptors (Lipinski definition) is 7. The molecule has 2 aromatic rings. The van der Waals surface area contributed by atoms with Crippen LogP contribution in [0.15, 0.2) is 36.5 Å². The van der Waals surface area contributed by atoms with E-state index in [-0.39, 0.29) is 11.8 Å². The summed E-state index contributed by atoms with van der Waals surface area (Å²) in [6, 6.07) is 7.51. The van der Waals surface area contributed by atoms with Crippen LogP contribution in [-0.4, -0.2) is 35.5 Å². The van der Waals surface area contributed by atoms with E-state index >= 15 is 0 Å². The molecule has 0 aliphatic carbocycles. The number of aryl methyl sites for hydroxylation is 2. The van der Waals surface area contributed by atoms with Gasteiger partial charge in [0.05, 0.1) is 19.3 Å². The summed E-state index contributed by atoms with van der Waals surface area (Å²) in [4.78, 5) is 11.4. The van der Waals surface area contributed by atoms with Gasteiger partial charge in [0.25, 0.3) is 0 Å². The Morgan fingerprint density at radius 2 is 1.97 bits per heavy atom. The third-order valence-electron chi connectivity index (χ3n) is 6.35. The molecule has 8 nitrogen and oxygen atoms in total. The van der Waals surface area contributed by atoms with Gasteiger partial charge in [-0.15, -0.1) is 0 Å². The average Bonchev–Trinajstić information content (AvgIpc) is 3.39. The van der Waals surface area contributed by atoms with Gasteiger partial charge in [0.1, 0.15) is 23.0 Å². The number of aromatic hydroxyl groups is 1. The number of carboxylic acid groups (broad SMARTS) is 1. The van der Waals surface area contributed by atoms with Crippen molar-refractivity contribution >= 4 is 5.97 Å². The first-order valence-corrected chi connectivity index (χ1v) is 12.3. The fourth-order valence-corrected chi connectivity index (χ4v) is 4.51. The fourth-order valence-electron chi connectivity index (χ4n) is 4.51. The van der Waals surface area contributed by atoms with E-state index in [2.05, 4.69) is 24.7 Å². The highest BCUT2D eigenvalue weighted by Gasteiger charge is 2.28. The van der Waals surface area contributed by atoms with Crippen LogP contribution in [0.25, 0.3) is 0 Å². The zero-order chi connectivity index (χ0) is 24.8. The summed E-state index contributed by atoms with van der Waals surface area (Å²) in [6.07, 6.45) is 7.22. The predicted molar refractivity (Wildman–Crippen MR) is 132 cm³/mol. The van der Waals surface area contributed by atoms with E-state index in [4.69, 9.17) is 14.2 Å². The van der Waals surface area contributed by atoms with E-state index in [1.165, 1.54) is 0 Å². The molecule has 2 aromatic carbocycles. The fraction of sp³-hybridized carbons (Fsp3) is 0.444. The Balaban J connectivity index is 1.36. The minimum atomic E-state index is -0.931. The number of aliphatic carboxylic acids is 1. The topological polar surface area (TPSA) is 109 Å². The van der Waals surface area contributed by atoms with E-state index in [1.807, 2.05) is 30.5 Å². The summed E-state index contributed by atoms with van der Waals surface area (Å²) in [7, 11) is 0. The van der Waals surface area contributed by atoms with Crippen LogP contribution < -0.4 is 25.1 Å². The Kier molecular flexibility index (Phi) is 8.02. The summed E-state index contributed by atoms with van der Waals surface area (Å²) >= 11 is 0. The highest BCUT2D eigenvalue weighted by Crippen LogP contribution is 2.38. The number of nitrogens with one attached hydrogen (secondary N) is 2. The van der Waals surface area contributed by atoms with Crippen molar-refractivity contribution in [2.24, 2.45) is 0 Å². The van der Waals surface area contributed by atoms with Gasteiger partial charge in [0.15, 0.2) is 6.10 Å². The lowest BCUT2D eigenvalue weighted by atomic mass is 9.96. The zero-order valence-electron chi connectivity index (χ0n) is 20.3. The number of carbonyl (C=O) groups is 1. The van der Waals surface area contributed by atoms with Crippen molar-refractivity contribution in [3.8, 4) is 23.0 Å². The summed E-state index contributed by atoms with van der Waals surface area (Å²) in [5, 5.41) is 19.9. The second kappa shape index (κ2) is 11.4. The van der Waals surface area contributed by atoms with Crippen LogP contribution >= 0.6 is 0 Å². The Labute approximate surface area is 205 Å². The molecule has 0 spiro atoms. The van der Waals surface area contributed by atoms with E-state index < -0.39 is 12.1 Å². The van der Waals surface area contributed by atoms with E-state index in [0.29, 0.717) is 44.0 Å². The van der Waals surface area contributed by atoms with Crippen LogP contribution in [0.2, 0.25) is 0 Å². The normalized spacial score (nSPS) is 18.5. The molecular formula is C27H34N2O6. The maximum absolute atomic E-state index is 11.4. The monoisotopic (exact) mass is 482 g/mol. The number of benzene rings is 2. The Morgan fingerprint density at radius 1 is 1.17 bits per heavy atom. The number of hydrazine groups is 1. The van der Waals surface area contributed by atoms with Crippen LogP contribution in [0, 0.1) is 0 Å². The molecule has 0 amide bonds. The first-order chi connectivity index (χ1) is 17.0. The molecule has 0 saturated heterocycles. The third kappa shape index (κ3) is 5.65. The first-order valence-electron chi connectivity index (χ1n) is 12.3. The predicted octanol–water partition coefficient (Wildman–Crippen LogP) is 4.20. The van der Waals surface area contributed by atoms with E-state index in [0.717, 1.165) is 47.3 Å². The van der Waals surface area contributed by atoms with Crippen LogP contribution in [0.4, 0.5) is 0 Å². The van der Waals surface area contributed by atoms with Crippen molar-refractivity contribution in [1.82, 2.24) is 10.9 Å². The molecule has 188 valence electrons. The van der Waals surface area contributed by atoms with Crippen LogP contribution in [0.1, 0.15) is 61.4 Å². The number of rotatable bonds is 11. The first kappa shape index (κ1) is 24.7. The van der Waals surface area contributed by atoms with Crippen molar-refractivity contribution in [3.63, 3.8) is 0 Å². The van der Waals surface area contributed by atoms with Crippen LogP contribution in [0.3, 0.4) is 0 Å². The number of carboxylic acids is 1. The molecule has 0 bridgehead atoms.